The second kappa shape index (κ2) is 5.88. The average Bonchev–Trinajstić information content (AvgIpc) is 3.13. The molecule has 0 radical (unpaired) electrons. The fraction of sp³-hybridized carbons (Fsp3) is 0.105. The van der Waals surface area contributed by atoms with Crippen LogP contribution in [0.2, 0.25) is 0 Å². The van der Waals surface area contributed by atoms with E-state index in [0.29, 0.717) is 5.76 Å². The molecule has 1 heterocycles. The topological polar surface area (TPSA) is 50.4 Å². The monoisotopic (exact) mass is 290 g/mol. The Morgan fingerprint density at radius 3 is 2.73 bits per heavy atom. The number of allylic oxidation sites excluding steroid dienone is 1. The first-order valence-corrected chi connectivity index (χ1v) is 6.93. The highest BCUT2D eigenvalue weighted by atomic mass is 16.3. The molecule has 1 N–H and O–H groups in total. The predicted molar refractivity (Wildman–Crippen MR) is 83.7 cm³/mol. The van der Waals surface area contributed by atoms with Crippen molar-refractivity contribution < 1.29 is 14.3 Å². The van der Waals surface area contributed by atoms with Gasteiger partial charge in [0.2, 0.25) is 0 Å². The van der Waals surface area contributed by atoms with Crippen molar-refractivity contribution in [3.63, 3.8) is 0 Å². The van der Waals surface area contributed by atoms with E-state index in [0.717, 1.165) is 5.56 Å². The molecule has 0 spiro atoms. The first kappa shape index (κ1) is 14.1. The van der Waals surface area contributed by atoms with E-state index in [4.69, 9.17) is 4.42 Å². The summed E-state index contributed by atoms with van der Waals surface area (Å²) < 4.78 is 5.21. The fourth-order valence-electron chi connectivity index (χ4n) is 2.27. The highest BCUT2D eigenvalue weighted by Crippen LogP contribution is 2.31. The molecule has 0 bridgehead atoms. The average molecular weight is 290 g/mol. The summed E-state index contributed by atoms with van der Waals surface area (Å²) in [6.07, 6.45) is 6.10. The lowest BCUT2D eigenvalue weighted by Crippen LogP contribution is -2.27. The van der Waals surface area contributed by atoms with Crippen molar-refractivity contribution in [3.05, 3.63) is 77.8 Å². The molecule has 1 atom stereocenters. The number of aliphatic hydroxyl groups is 1. The molecule has 0 amide bonds. The third kappa shape index (κ3) is 2.93. The zero-order valence-corrected chi connectivity index (χ0v) is 11.8. The largest absolute Gasteiger partial charge is 0.465 e. The van der Waals surface area contributed by atoms with E-state index >= 15 is 0 Å². The fourth-order valence-corrected chi connectivity index (χ4v) is 2.27. The number of ketones is 1. The Labute approximate surface area is 128 Å². The lowest BCUT2D eigenvalue weighted by molar-refractivity contribution is -0.111. The van der Waals surface area contributed by atoms with Crippen LogP contribution in [0.1, 0.15) is 17.7 Å². The van der Waals surface area contributed by atoms with Crippen LogP contribution in [0.3, 0.4) is 0 Å². The highest BCUT2D eigenvalue weighted by molar-refractivity contribution is 6.11. The maximum Gasteiger partial charge on any atom is 0.185 e. The number of hydrogen-bond acceptors (Lipinski definition) is 3. The molecule has 1 unspecified atom stereocenters. The van der Waals surface area contributed by atoms with Crippen LogP contribution in [-0.4, -0.2) is 16.5 Å². The van der Waals surface area contributed by atoms with E-state index in [1.54, 1.807) is 18.2 Å². The summed E-state index contributed by atoms with van der Waals surface area (Å²) in [5, 5.41) is 10.7. The minimum atomic E-state index is -1.37. The molecule has 0 fully saturated rings. The molecule has 22 heavy (non-hydrogen) atoms. The summed E-state index contributed by atoms with van der Waals surface area (Å²) in [5.41, 5.74) is -0.216. The van der Waals surface area contributed by atoms with E-state index in [9.17, 15) is 9.90 Å². The molecule has 1 aromatic heterocycles. The third-order valence-corrected chi connectivity index (χ3v) is 3.44. The van der Waals surface area contributed by atoms with Gasteiger partial charge in [0.1, 0.15) is 11.4 Å². The normalized spacial score (nSPS) is 21.9. The third-order valence-electron chi connectivity index (χ3n) is 3.44. The van der Waals surface area contributed by atoms with Crippen molar-refractivity contribution in [2.75, 3.05) is 0 Å². The maximum atomic E-state index is 11.9. The van der Waals surface area contributed by atoms with Gasteiger partial charge in [-0.1, -0.05) is 30.0 Å². The van der Waals surface area contributed by atoms with Crippen molar-refractivity contribution >= 4 is 11.9 Å². The molecular weight excluding hydrogens is 276 g/mol. The van der Waals surface area contributed by atoms with E-state index in [1.165, 1.54) is 18.4 Å². The standard InChI is InChI=1S/C19H14O3/c20-18-10-12-19(21,17(18)14-16-9-5-13-22-16)11-4-8-15-6-2-1-3-7-15/h1-3,5-7,9-10,12-14,21H,11H2/b17-14-. The van der Waals surface area contributed by atoms with Gasteiger partial charge >= 0.3 is 0 Å². The number of benzene rings is 1. The number of furan rings is 1. The Bertz CT molecular complexity index is 786. The summed E-state index contributed by atoms with van der Waals surface area (Å²) in [4.78, 5) is 11.9. The molecule has 1 aromatic carbocycles. The molecule has 0 saturated heterocycles. The number of hydrogen-bond donors (Lipinski definition) is 1. The Kier molecular flexibility index (Phi) is 3.78. The molecule has 0 aliphatic heterocycles. The van der Waals surface area contributed by atoms with Crippen LogP contribution in [0.15, 0.2) is 70.9 Å². The quantitative estimate of drug-likeness (QED) is 0.683. The molecular formula is C19H14O3. The zero-order valence-electron chi connectivity index (χ0n) is 11.8. The first-order chi connectivity index (χ1) is 10.7. The van der Waals surface area contributed by atoms with Gasteiger partial charge in [0.15, 0.2) is 5.78 Å². The van der Waals surface area contributed by atoms with Gasteiger partial charge in [-0.3, -0.25) is 4.79 Å². The van der Waals surface area contributed by atoms with Gasteiger partial charge in [-0.05, 0) is 42.5 Å². The van der Waals surface area contributed by atoms with Gasteiger partial charge < -0.3 is 9.52 Å². The van der Waals surface area contributed by atoms with Crippen molar-refractivity contribution in [3.8, 4) is 11.8 Å². The Morgan fingerprint density at radius 2 is 2.00 bits per heavy atom. The van der Waals surface area contributed by atoms with Crippen LogP contribution in [-0.2, 0) is 4.79 Å². The predicted octanol–water partition coefficient (Wildman–Crippen LogP) is 2.97. The summed E-state index contributed by atoms with van der Waals surface area (Å²) in [5.74, 6) is 6.23. The Hall–Kier alpha value is -2.83. The van der Waals surface area contributed by atoms with Crippen molar-refractivity contribution in [2.24, 2.45) is 0 Å². The molecule has 0 saturated carbocycles. The van der Waals surface area contributed by atoms with Crippen LogP contribution in [0.4, 0.5) is 0 Å². The molecule has 3 rings (SSSR count). The van der Waals surface area contributed by atoms with E-state index < -0.39 is 5.60 Å². The maximum absolute atomic E-state index is 11.9. The molecule has 1 aliphatic carbocycles. The molecule has 2 aromatic rings. The van der Waals surface area contributed by atoms with Gasteiger partial charge in [-0.25, -0.2) is 0 Å². The number of carbonyl (C=O) groups is 1. The van der Waals surface area contributed by atoms with Gasteiger partial charge in [-0.2, -0.15) is 0 Å². The van der Waals surface area contributed by atoms with Crippen molar-refractivity contribution in [1.82, 2.24) is 0 Å². The second-order valence-electron chi connectivity index (χ2n) is 5.04. The van der Waals surface area contributed by atoms with E-state index in [-0.39, 0.29) is 17.8 Å². The molecule has 1 aliphatic rings. The lowest BCUT2D eigenvalue weighted by atomic mass is 9.92. The van der Waals surface area contributed by atoms with Gasteiger partial charge in [0.25, 0.3) is 0 Å². The van der Waals surface area contributed by atoms with Crippen LogP contribution in [0.25, 0.3) is 6.08 Å². The Balaban J connectivity index is 1.83. The minimum Gasteiger partial charge on any atom is -0.465 e. The smallest absolute Gasteiger partial charge is 0.185 e. The van der Waals surface area contributed by atoms with Crippen LogP contribution < -0.4 is 0 Å². The van der Waals surface area contributed by atoms with Gasteiger partial charge in [0, 0.05) is 17.6 Å². The molecule has 3 heteroatoms. The van der Waals surface area contributed by atoms with Crippen molar-refractivity contribution in [1.29, 1.82) is 0 Å². The summed E-state index contributed by atoms with van der Waals surface area (Å²) in [7, 11) is 0. The molecule has 108 valence electrons. The summed E-state index contributed by atoms with van der Waals surface area (Å²) in [6, 6.07) is 13.0. The number of carbonyl (C=O) groups excluding carboxylic acids is 1. The summed E-state index contributed by atoms with van der Waals surface area (Å²) in [6.45, 7) is 0. The first-order valence-electron chi connectivity index (χ1n) is 6.93. The minimum absolute atomic E-state index is 0.149. The highest BCUT2D eigenvalue weighted by Gasteiger charge is 2.36. The van der Waals surface area contributed by atoms with Gasteiger partial charge in [-0.15, -0.1) is 0 Å². The second-order valence-corrected chi connectivity index (χ2v) is 5.04. The molecule has 3 nitrogen and oxygen atoms in total. The van der Waals surface area contributed by atoms with Gasteiger partial charge in [0.05, 0.1) is 6.26 Å². The van der Waals surface area contributed by atoms with E-state index in [2.05, 4.69) is 11.8 Å². The Morgan fingerprint density at radius 1 is 1.18 bits per heavy atom. The van der Waals surface area contributed by atoms with Crippen molar-refractivity contribution in [2.45, 2.75) is 12.0 Å². The lowest BCUT2D eigenvalue weighted by Gasteiger charge is -2.19. The summed E-state index contributed by atoms with van der Waals surface area (Å²) >= 11 is 0. The van der Waals surface area contributed by atoms with Crippen LogP contribution in [0.5, 0.6) is 0 Å². The zero-order chi connectivity index (χ0) is 15.4. The van der Waals surface area contributed by atoms with Crippen LogP contribution in [0, 0.1) is 11.8 Å². The SMILES string of the molecule is O=C1C=CC(O)(CC#Cc2ccccc2)/C1=C\c1ccco1. The number of rotatable bonds is 2. The van der Waals surface area contributed by atoms with Crippen LogP contribution >= 0.6 is 0 Å². The van der Waals surface area contributed by atoms with E-state index in [1.807, 2.05) is 30.3 Å².